The number of hydrogen-bond donors (Lipinski definition) is 2. The first kappa shape index (κ1) is 10.9. The molecule has 0 fully saturated rings. The Morgan fingerprint density at radius 2 is 2.50 bits per heavy atom. The molecular formula is C9H11ClN2O2. The molecule has 1 rings (SSSR count). The van der Waals surface area contributed by atoms with Crippen LogP contribution in [0.2, 0.25) is 5.02 Å². The highest BCUT2D eigenvalue weighted by molar-refractivity contribution is 6.31. The molecule has 0 bridgehead atoms. The van der Waals surface area contributed by atoms with Gasteiger partial charge < -0.3 is 10.4 Å². The molecule has 14 heavy (non-hydrogen) atoms. The molecule has 0 aliphatic heterocycles. The Bertz CT molecular complexity index is 330. The van der Waals surface area contributed by atoms with E-state index in [1.165, 1.54) is 6.20 Å². The fraction of sp³-hybridized carbons (Fsp3) is 0.333. The normalized spacial score (nSPS) is 12.4. The van der Waals surface area contributed by atoms with Crippen LogP contribution in [0.25, 0.3) is 0 Å². The summed E-state index contributed by atoms with van der Waals surface area (Å²) in [6.07, 6.45) is 3.15. The van der Waals surface area contributed by atoms with E-state index in [4.69, 9.17) is 16.7 Å². The average Bonchev–Trinajstić information content (AvgIpc) is 2.16. The van der Waals surface area contributed by atoms with Gasteiger partial charge in [-0.05, 0) is 18.6 Å². The van der Waals surface area contributed by atoms with Crippen molar-refractivity contribution in [3.63, 3.8) is 0 Å². The summed E-state index contributed by atoms with van der Waals surface area (Å²) in [5, 5.41) is 12.0. The number of carboxylic acid groups (broad SMARTS) is 1. The van der Waals surface area contributed by atoms with E-state index in [0.29, 0.717) is 11.6 Å². The number of carbonyl (C=O) groups is 1. The molecule has 1 aromatic heterocycles. The third-order valence-corrected chi connectivity index (χ3v) is 2.17. The van der Waals surface area contributed by atoms with E-state index in [2.05, 4.69) is 10.3 Å². The van der Waals surface area contributed by atoms with Crippen molar-refractivity contribution in [2.45, 2.75) is 19.5 Å². The molecule has 1 aromatic rings. The Labute approximate surface area is 86.9 Å². The lowest BCUT2D eigenvalue weighted by molar-refractivity contribution is -0.139. The number of rotatable bonds is 4. The van der Waals surface area contributed by atoms with Gasteiger partial charge in [-0.2, -0.15) is 0 Å². The standard InChI is InChI=1S/C9H11ClN2O2/c1-6(9(13)14)12-4-7-2-3-11-5-8(7)10/h2-3,5-6,12H,4H2,1H3,(H,13,14)/t6-/m0/s1. The maximum absolute atomic E-state index is 10.5. The Morgan fingerprint density at radius 1 is 1.79 bits per heavy atom. The molecule has 1 atom stereocenters. The zero-order chi connectivity index (χ0) is 10.6. The third kappa shape index (κ3) is 2.97. The predicted octanol–water partition coefficient (Wildman–Crippen LogP) is 1.30. The summed E-state index contributed by atoms with van der Waals surface area (Å²) in [5.41, 5.74) is 0.842. The van der Waals surface area contributed by atoms with Gasteiger partial charge in [-0.1, -0.05) is 11.6 Å². The van der Waals surface area contributed by atoms with Gasteiger partial charge >= 0.3 is 5.97 Å². The summed E-state index contributed by atoms with van der Waals surface area (Å²) >= 11 is 5.84. The van der Waals surface area contributed by atoms with E-state index >= 15 is 0 Å². The van der Waals surface area contributed by atoms with Crippen LogP contribution < -0.4 is 5.32 Å². The lowest BCUT2D eigenvalue weighted by atomic mass is 10.2. The summed E-state index contributed by atoms with van der Waals surface area (Å²) in [5.74, 6) is -0.879. The van der Waals surface area contributed by atoms with Crippen LogP contribution in [-0.4, -0.2) is 22.1 Å². The van der Waals surface area contributed by atoms with Crippen molar-refractivity contribution in [3.05, 3.63) is 29.0 Å². The van der Waals surface area contributed by atoms with Crippen LogP contribution >= 0.6 is 11.6 Å². The van der Waals surface area contributed by atoms with E-state index in [9.17, 15) is 4.79 Å². The average molecular weight is 215 g/mol. The monoisotopic (exact) mass is 214 g/mol. The van der Waals surface area contributed by atoms with E-state index in [1.807, 2.05) is 0 Å². The first-order valence-corrected chi connectivity index (χ1v) is 4.53. The maximum atomic E-state index is 10.5. The zero-order valence-corrected chi connectivity index (χ0v) is 8.45. The van der Waals surface area contributed by atoms with Crippen LogP contribution in [0.15, 0.2) is 18.5 Å². The van der Waals surface area contributed by atoms with Crippen LogP contribution in [0.1, 0.15) is 12.5 Å². The molecule has 4 nitrogen and oxygen atoms in total. The molecule has 0 saturated carbocycles. The number of nitrogens with one attached hydrogen (secondary N) is 1. The third-order valence-electron chi connectivity index (χ3n) is 1.83. The number of nitrogens with zero attached hydrogens (tertiary/aromatic N) is 1. The quantitative estimate of drug-likeness (QED) is 0.793. The topological polar surface area (TPSA) is 62.2 Å². The summed E-state index contributed by atoms with van der Waals surface area (Å²) in [4.78, 5) is 14.3. The van der Waals surface area contributed by atoms with Gasteiger partial charge in [-0.3, -0.25) is 9.78 Å². The van der Waals surface area contributed by atoms with Crippen molar-refractivity contribution in [1.29, 1.82) is 0 Å². The molecule has 0 aromatic carbocycles. The van der Waals surface area contributed by atoms with Gasteiger partial charge in [0.05, 0.1) is 5.02 Å². The van der Waals surface area contributed by atoms with Crippen molar-refractivity contribution in [2.24, 2.45) is 0 Å². The van der Waals surface area contributed by atoms with E-state index in [-0.39, 0.29) is 0 Å². The highest BCUT2D eigenvalue weighted by atomic mass is 35.5. The van der Waals surface area contributed by atoms with Crippen molar-refractivity contribution in [3.8, 4) is 0 Å². The summed E-state index contributed by atoms with van der Waals surface area (Å²) in [6, 6.07) is 1.17. The first-order valence-electron chi connectivity index (χ1n) is 4.16. The minimum Gasteiger partial charge on any atom is -0.480 e. The second kappa shape index (κ2) is 4.93. The smallest absolute Gasteiger partial charge is 0.320 e. The highest BCUT2D eigenvalue weighted by Crippen LogP contribution is 2.12. The fourth-order valence-corrected chi connectivity index (χ4v) is 1.08. The van der Waals surface area contributed by atoms with Crippen LogP contribution in [0, 0.1) is 0 Å². The van der Waals surface area contributed by atoms with Gasteiger partial charge in [0.1, 0.15) is 6.04 Å². The Balaban J connectivity index is 2.54. The minimum absolute atomic E-state index is 0.425. The largest absolute Gasteiger partial charge is 0.480 e. The molecule has 76 valence electrons. The number of aromatic nitrogens is 1. The van der Waals surface area contributed by atoms with E-state index < -0.39 is 12.0 Å². The molecule has 0 radical (unpaired) electrons. The predicted molar refractivity (Wildman–Crippen MR) is 53.2 cm³/mol. The van der Waals surface area contributed by atoms with Crippen LogP contribution in [-0.2, 0) is 11.3 Å². The second-order valence-corrected chi connectivity index (χ2v) is 3.32. The van der Waals surface area contributed by atoms with Crippen LogP contribution in [0.4, 0.5) is 0 Å². The zero-order valence-electron chi connectivity index (χ0n) is 7.70. The summed E-state index contributed by atoms with van der Waals surface area (Å²) < 4.78 is 0. The number of pyridine rings is 1. The lowest BCUT2D eigenvalue weighted by Crippen LogP contribution is -2.33. The van der Waals surface area contributed by atoms with Gasteiger partial charge in [-0.25, -0.2) is 0 Å². The van der Waals surface area contributed by atoms with E-state index in [1.54, 1.807) is 19.2 Å². The molecule has 0 aliphatic rings. The molecule has 0 spiro atoms. The number of carboxylic acids is 1. The highest BCUT2D eigenvalue weighted by Gasteiger charge is 2.09. The minimum atomic E-state index is -0.879. The first-order chi connectivity index (χ1) is 6.61. The van der Waals surface area contributed by atoms with Gasteiger partial charge in [0.2, 0.25) is 0 Å². The van der Waals surface area contributed by atoms with Crippen molar-refractivity contribution >= 4 is 17.6 Å². The lowest BCUT2D eigenvalue weighted by Gasteiger charge is -2.09. The number of aliphatic carboxylic acids is 1. The molecule has 1 heterocycles. The molecule has 0 saturated heterocycles. The number of hydrogen-bond acceptors (Lipinski definition) is 3. The van der Waals surface area contributed by atoms with Gasteiger partial charge in [0.15, 0.2) is 0 Å². The van der Waals surface area contributed by atoms with Gasteiger partial charge in [0.25, 0.3) is 0 Å². The molecular weight excluding hydrogens is 204 g/mol. The van der Waals surface area contributed by atoms with Gasteiger partial charge in [-0.15, -0.1) is 0 Å². The molecule has 0 aliphatic carbocycles. The molecule has 2 N–H and O–H groups in total. The second-order valence-electron chi connectivity index (χ2n) is 2.91. The van der Waals surface area contributed by atoms with Crippen LogP contribution in [0.3, 0.4) is 0 Å². The van der Waals surface area contributed by atoms with E-state index in [0.717, 1.165) is 5.56 Å². The Morgan fingerprint density at radius 3 is 3.07 bits per heavy atom. The maximum Gasteiger partial charge on any atom is 0.320 e. The van der Waals surface area contributed by atoms with Gasteiger partial charge in [0, 0.05) is 18.9 Å². The molecule has 5 heteroatoms. The summed E-state index contributed by atoms with van der Waals surface area (Å²) in [6.45, 7) is 2.01. The SMILES string of the molecule is C[C@H](NCc1ccncc1Cl)C(=O)O. The molecule has 0 unspecified atom stereocenters. The van der Waals surface area contributed by atoms with Crippen molar-refractivity contribution in [1.82, 2.24) is 10.3 Å². The Hall–Kier alpha value is -1.13. The molecule has 0 amide bonds. The fourth-order valence-electron chi connectivity index (χ4n) is 0.898. The van der Waals surface area contributed by atoms with Crippen molar-refractivity contribution < 1.29 is 9.90 Å². The van der Waals surface area contributed by atoms with Crippen LogP contribution in [0.5, 0.6) is 0 Å². The van der Waals surface area contributed by atoms with Crippen molar-refractivity contribution in [2.75, 3.05) is 0 Å². The number of halogens is 1. The summed E-state index contributed by atoms with van der Waals surface area (Å²) in [7, 11) is 0. The Kier molecular flexibility index (Phi) is 3.85.